The van der Waals surface area contributed by atoms with Gasteiger partial charge in [-0.15, -0.1) is 0 Å². The fourth-order valence-corrected chi connectivity index (χ4v) is 2.54. The van der Waals surface area contributed by atoms with Gasteiger partial charge in [-0.05, 0) is 29.7 Å². The van der Waals surface area contributed by atoms with E-state index in [1.54, 1.807) is 42.5 Å². The highest BCUT2D eigenvalue weighted by atomic mass is 16.7. The van der Waals surface area contributed by atoms with Crippen molar-refractivity contribution in [2.45, 2.75) is 12.5 Å². The zero-order valence-corrected chi connectivity index (χ0v) is 11.8. The number of rotatable bonds is 5. The molecule has 0 saturated carbocycles. The molecule has 5 nitrogen and oxygen atoms in total. The number of fused-ring (bicyclic) bond motifs is 1. The maximum Gasteiger partial charge on any atom is 0.309 e. The molecule has 0 spiro atoms. The first-order valence-electron chi connectivity index (χ1n) is 6.99. The normalized spacial score (nSPS) is 15.3. The lowest BCUT2D eigenvalue weighted by Gasteiger charge is -2.19. The molecule has 1 aliphatic heterocycles. The molecule has 0 aromatic heterocycles. The highest BCUT2D eigenvalue weighted by Gasteiger charge is 2.28. The van der Waals surface area contributed by atoms with Gasteiger partial charge in [-0.25, -0.2) is 0 Å². The maximum atomic E-state index is 11.5. The Bertz CT molecular complexity index is 668. The molecule has 2 aromatic carbocycles. The van der Waals surface area contributed by atoms with Gasteiger partial charge in [-0.2, -0.15) is 0 Å². The molecule has 1 heterocycles. The summed E-state index contributed by atoms with van der Waals surface area (Å²) in [6.07, 6.45) is -0.855. The van der Waals surface area contributed by atoms with Crippen molar-refractivity contribution in [3.8, 4) is 11.5 Å². The molecule has 2 N–H and O–H groups in total. The minimum atomic E-state index is -1.07. The van der Waals surface area contributed by atoms with Gasteiger partial charge in [0.15, 0.2) is 11.5 Å². The molecule has 0 fully saturated rings. The Balaban J connectivity index is 1.81. The molecule has 2 unspecified atom stereocenters. The number of carboxylic acid groups (broad SMARTS) is 1. The average Bonchev–Trinajstić information content (AvgIpc) is 3.00. The predicted octanol–water partition coefficient (Wildman–Crippen LogP) is 2.39. The highest BCUT2D eigenvalue weighted by Crippen LogP contribution is 2.34. The molecule has 114 valence electrons. The average molecular weight is 300 g/mol. The quantitative estimate of drug-likeness (QED) is 0.886. The van der Waals surface area contributed by atoms with E-state index in [1.807, 2.05) is 6.07 Å². The number of hydrogen-bond donors (Lipinski definition) is 2. The van der Waals surface area contributed by atoms with Gasteiger partial charge in [0, 0.05) is 0 Å². The number of aliphatic carboxylic acids is 1. The van der Waals surface area contributed by atoms with E-state index >= 15 is 0 Å². The standard InChI is InChI=1S/C17H16O5/c18-16(12-4-2-1-3-5-12)13(17(19)20)8-11-6-7-14-15(9-11)22-10-21-14/h1-7,9,13,16,18H,8,10H2,(H,19,20). The third-order valence-electron chi connectivity index (χ3n) is 3.73. The summed E-state index contributed by atoms with van der Waals surface area (Å²) >= 11 is 0. The molecule has 2 atom stereocenters. The van der Waals surface area contributed by atoms with Crippen LogP contribution < -0.4 is 9.47 Å². The second-order valence-corrected chi connectivity index (χ2v) is 5.19. The molecular weight excluding hydrogens is 284 g/mol. The number of carbonyl (C=O) groups is 1. The smallest absolute Gasteiger partial charge is 0.309 e. The van der Waals surface area contributed by atoms with Crippen molar-refractivity contribution in [1.82, 2.24) is 0 Å². The lowest BCUT2D eigenvalue weighted by molar-refractivity contribution is -0.145. The number of aliphatic hydroxyl groups is 1. The van der Waals surface area contributed by atoms with Crippen LogP contribution in [0.15, 0.2) is 48.5 Å². The topological polar surface area (TPSA) is 76.0 Å². The van der Waals surface area contributed by atoms with E-state index < -0.39 is 18.0 Å². The number of hydrogen-bond acceptors (Lipinski definition) is 4. The SMILES string of the molecule is O=C(O)C(Cc1ccc2c(c1)OCO2)C(O)c1ccccc1. The van der Waals surface area contributed by atoms with Crippen LogP contribution in [0.5, 0.6) is 11.5 Å². The van der Waals surface area contributed by atoms with Crippen LogP contribution in [0.25, 0.3) is 0 Å². The Morgan fingerprint density at radius 3 is 2.55 bits per heavy atom. The third-order valence-corrected chi connectivity index (χ3v) is 3.73. The Labute approximate surface area is 127 Å². The van der Waals surface area contributed by atoms with Crippen molar-refractivity contribution in [1.29, 1.82) is 0 Å². The van der Waals surface area contributed by atoms with Gasteiger partial charge in [-0.1, -0.05) is 36.4 Å². The van der Waals surface area contributed by atoms with Gasteiger partial charge in [0.05, 0.1) is 12.0 Å². The Kier molecular flexibility index (Phi) is 3.98. The number of benzene rings is 2. The summed E-state index contributed by atoms with van der Waals surface area (Å²) < 4.78 is 10.5. The first-order valence-corrected chi connectivity index (χ1v) is 6.99. The van der Waals surface area contributed by atoms with Gasteiger partial charge in [0.1, 0.15) is 0 Å². The van der Waals surface area contributed by atoms with Crippen LogP contribution in [0.2, 0.25) is 0 Å². The zero-order chi connectivity index (χ0) is 15.5. The zero-order valence-electron chi connectivity index (χ0n) is 11.8. The van der Waals surface area contributed by atoms with Crippen molar-refractivity contribution in [2.75, 3.05) is 6.79 Å². The summed E-state index contributed by atoms with van der Waals surface area (Å²) in [5.41, 5.74) is 1.38. The maximum absolute atomic E-state index is 11.5. The van der Waals surface area contributed by atoms with Crippen LogP contribution >= 0.6 is 0 Å². The molecule has 5 heteroatoms. The van der Waals surface area contributed by atoms with E-state index in [9.17, 15) is 15.0 Å². The van der Waals surface area contributed by atoms with Crippen LogP contribution in [-0.2, 0) is 11.2 Å². The van der Waals surface area contributed by atoms with Gasteiger partial charge in [-0.3, -0.25) is 4.79 Å². The van der Waals surface area contributed by atoms with E-state index in [0.717, 1.165) is 5.56 Å². The first-order chi connectivity index (χ1) is 10.6. The largest absolute Gasteiger partial charge is 0.481 e. The van der Waals surface area contributed by atoms with Gasteiger partial charge in [0.2, 0.25) is 6.79 Å². The van der Waals surface area contributed by atoms with E-state index in [-0.39, 0.29) is 13.2 Å². The highest BCUT2D eigenvalue weighted by molar-refractivity contribution is 5.71. The number of ether oxygens (including phenoxy) is 2. The lowest BCUT2D eigenvalue weighted by atomic mass is 9.90. The van der Waals surface area contributed by atoms with E-state index in [2.05, 4.69) is 0 Å². The molecule has 0 amide bonds. The summed E-state index contributed by atoms with van der Waals surface area (Å²) in [5, 5.41) is 19.8. The molecule has 0 saturated heterocycles. The number of carboxylic acids is 1. The fourth-order valence-electron chi connectivity index (χ4n) is 2.54. The summed E-state index contributed by atoms with van der Waals surface area (Å²) in [6.45, 7) is 0.174. The van der Waals surface area contributed by atoms with Gasteiger partial charge in [0.25, 0.3) is 0 Å². The first kappa shape index (κ1) is 14.4. The third kappa shape index (κ3) is 2.89. The van der Waals surface area contributed by atoms with Crippen molar-refractivity contribution in [2.24, 2.45) is 5.92 Å². The molecular formula is C17H16O5. The second-order valence-electron chi connectivity index (χ2n) is 5.19. The summed E-state index contributed by atoms with van der Waals surface area (Å²) in [4.78, 5) is 11.5. The number of aliphatic hydroxyl groups excluding tert-OH is 1. The van der Waals surface area contributed by atoms with Crippen LogP contribution in [0.3, 0.4) is 0 Å². The lowest BCUT2D eigenvalue weighted by Crippen LogP contribution is -2.24. The van der Waals surface area contributed by atoms with Crippen LogP contribution in [0, 0.1) is 5.92 Å². The second kappa shape index (κ2) is 6.07. The van der Waals surface area contributed by atoms with E-state index in [4.69, 9.17) is 9.47 Å². The molecule has 1 aliphatic rings. The molecule has 22 heavy (non-hydrogen) atoms. The minimum Gasteiger partial charge on any atom is -0.481 e. The Morgan fingerprint density at radius 1 is 1.09 bits per heavy atom. The van der Waals surface area contributed by atoms with Crippen LogP contribution in [0.1, 0.15) is 17.2 Å². The summed E-state index contributed by atoms with van der Waals surface area (Å²) in [7, 11) is 0. The van der Waals surface area contributed by atoms with E-state index in [0.29, 0.717) is 17.1 Å². The predicted molar refractivity (Wildman–Crippen MR) is 78.8 cm³/mol. The van der Waals surface area contributed by atoms with Crippen molar-refractivity contribution < 1.29 is 24.5 Å². The summed E-state index contributed by atoms with van der Waals surface area (Å²) in [6, 6.07) is 14.1. The molecule has 2 aromatic rings. The molecule has 0 aliphatic carbocycles. The van der Waals surface area contributed by atoms with Gasteiger partial charge >= 0.3 is 5.97 Å². The van der Waals surface area contributed by atoms with E-state index in [1.165, 1.54) is 0 Å². The van der Waals surface area contributed by atoms with Crippen LogP contribution in [-0.4, -0.2) is 23.0 Å². The molecule has 0 bridgehead atoms. The molecule has 3 rings (SSSR count). The fraction of sp³-hybridized carbons (Fsp3) is 0.235. The van der Waals surface area contributed by atoms with Crippen molar-refractivity contribution >= 4 is 5.97 Å². The Hall–Kier alpha value is -2.53. The minimum absolute atomic E-state index is 0.174. The monoisotopic (exact) mass is 300 g/mol. The van der Waals surface area contributed by atoms with Crippen molar-refractivity contribution in [3.63, 3.8) is 0 Å². The van der Waals surface area contributed by atoms with Crippen LogP contribution in [0.4, 0.5) is 0 Å². The van der Waals surface area contributed by atoms with Gasteiger partial charge < -0.3 is 19.7 Å². The summed E-state index contributed by atoms with van der Waals surface area (Å²) in [5.74, 6) is -0.702. The van der Waals surface area contributed by atoms with Crippen molar-refractivity contribution in [3.05, 3.63) is 59.7 Å². The Morgan fingerprint density at radius 2 is 1.82 bits per heavy atom. The molecule has 0 radical (unpaired) electrons.